The van der Waals surface area contributed by atoms with E-state index in [0.717, 1.165) is 166 Å². The predicted molar refractivity (Wildman–Crippen MR) is 360 cm³/mol. The Morgan fingerprint density at radius 1 is 0.239 bits per heavy atom. The molecule has 0 unspecified atom stereocenters. The first-order chi connectivity index (χ1) is 43.3. The van der Waals surface area contributed by atoms with E-state index in [9.17, 15) is 0 Å². The Labute approximate surface area is 507 Å². The number of benzene rings is 12. The Hall–Kier alpha value is -11.8. The molecule has 88 heavy (non-hydrogen) atoms. The Kier molecular flexibility index (Phi) is 12.4. The average Bonchev–Trinajstić information content (AvgIpc) is 0.747. The number of anilines is 12. The number of aryl methyl sites for hydroxylation is 4. The number of para-hydroxylation sites is 4. The van der Waals surface area contributed by atoms with Crippen molar-refractivity contribution in [1.82, 2.24) is 39.9 Å². The molecule has 12 aromatic carbocycles. The summed E-state index contributed by atoms with van der Waals surface area (Å²) in [4.78, 5) is 46.6. The fourth-order valence-corrected chi connectivity index (χ4v) is 13.0. The quantitative estimate of drug-likeness (QED) is 0.108. The number of rotatable bonds is 12. The molecule has 12 heteroatoms. The van der Waals surface area contributed by atoms with Crippen molar-refractivity contribution in [3.8, 4) is 0 Å². The van der Waals surface area contributed by atoms with Crippen molar-refractivity contribution in [1.29, 1.82) is 0 Å². The van der Waals surface area contributed by atoms with E-state index in [0.29, 0.717) is 0 Å². The van der Waals surface area contributed by atoms with Crippen molar-refractivity contribution in [3.63, 3.8) is 0 Å². The first-order valence-electron chi connectivity index (χ1n) is 29.3. The lowest BCUT2D eigenvalue weighted by Gasteiger charge is -2.35. The molecule has 16 aromatic rings. The second kappa shape index (κ2) is 21.1. The molecule has 0 radical (unpaired) electrons. The van der Waals surface area contributed by atoms with Crippen LogP contribution in [0.2, 0.25) is 0 Å². The van der Waals surface area contributed by atoms with Crippen LogP contribution < -0.4 is 19.6 Å². The van der Waals surface area contributed by atoms with Gasteiger partial charge in [0.15, 0.2) is 0 Å². The molecule has 16 rings (SSSR count). The zero-order valence-electron chi connectivity index (χ0n) is 48.6. The molecule has 12 nitrogen and oxygen atoms in total. The van der Waals surface area contributed by atoms with Crippen molar-refractivity contribution in [3.05, 3.63) is 279 Å². The number of fused-ring (bicyclic) bond motifs is 4. The van der Waals surface area contributed by atoms with Crippen LogP contribution in [0.5, 0.6) is 0 Å². The van der Waals surface area contributed by atoms with E-state index in [4.69, 9.17) is 19.9 Å². The SMILES string of the molecule is Cc1ccccc1N(c1ccc2ncncc2c1)c1cc(N(c2ccc3ncncc3c2)c2ccccc2C)c2ccc3c(N(c4ccc5ncncc5c4)c4ccccc4C)cc(N(c4ccc5ncncc5c4)c4ccccc4C)c4ccc1c2c43. The molecule has 0 aliphatic rings. The van der Waals surface area contributed by atoms with E-state index in [1.807, 2.05) is 24.8 Å². The average molecular weight is 1140 g/mol. The third-order valence-electron chi connectivity index (χ3n) is 17.2. The molecular weight excluding hydrogens is 1080 g/mol. The van der Waals surface area contributed by atoms with Gasteiger partial charge in [0.05, 0.1) is 44.8 Å². The molecule has 4 aromatic heterocycles. The highest BCUT2D eigenvalue weighted by atomic mass is 15.2. The van der Waals surface area contributed by atoms with Crippen LogP contribution in [-0.4, -0.2) is 39.9 Å². The summed E-state index contributed by atoms with van der Waals surface area (Å²) in [5.74, 6) is 0. The smallest absolute Gasteiger partial charge is 0.116 e. The summed E-state index contributed by atoms with van der Waals surface area (Å²) >= 11 is 0. The number of hydrogen-bond donors (Lipinski definition) is 0. The molecule has 0 amide bonds. The largest absolute Gasteiger partial charge is 0.310 e. The van der Waals surface area contributed by atoms with Crippen molar-refractivity contribution in [2.75, 3.05) is 19.6 Å². The molecule has 0 bridgehead atoms. The monoisotopic (exact) mass is 1130 g/mol. The van der Waals surface area contributed by atoms with Gasteiger partial charge in [0.25, 0.3) is 0 Å². The molecule has 0 aliphatic heterocycles. The van der Waals surface area contributed by atoms with E-state index >= 15 is 0 Å². The van der Waals surface area contributed by atoms with Gasteiger partial charge in [-0.2, -0.15) is 0 Å². The van der Waals surface area contributed by atoms with Gasteiger partial charge in [-0.05, 0) is 159 Å². The van der Waals surface area contributed by atoms with E-state index < -0.39 is 0 Å². The fraction of sp³-hybridized carbons (Fsp3) is 0.0526. The highest BCUT2D eigenvalue weighted by Gasteiger charge is 2.31. The van der Waals surface area contributed by atoms with Gasteiger partial charge in [0, 0.05) is 124 Å². The van der Waals surface area contributed by atoms with E-state index in [1.54, 1.807) is 25.3 Å². The highest BCUT2D eigenvalue weighted by molar-refractivity contribution is 6.33. The van der Waals surface area contributed by atoms with Crippen LogP contribution in [-0.2, 0) is 0 Å². The second-order valence-electron chi connectivity index (χ2n) is 22.5. The maximum absolute atomic E-state index is 4.69. The van der Waals surface area contributed by atoms with Crippen molar-refractivity contribution < 1.29 is 0 Å². The van der Waals surface area contributed by atoms with Gasteiger partial charge in [0.1, 0.15) is 25.3 Å². The lowest BCUT2D eigenvalue weighted by atomic mass is 9.88. The molecule has 0 fully saturated rings. The minimum Gasteiger partial charge on any atom is -0.310 e. The molecule has 0 saturated heterocycles. The number of hydrogen-bond acceptors (Lipinski definition) is 12. The van der Waals surface area contributed by atoms with Crippen molar-refractivity contribution in [2.24, 2.45) is 0 Å². The number of nitrogens with zero attached hydrogens (tertiary/aromatic N) is 12. The van der Waals surface area contributed by atoms with Gasteiger partial charge < -0.3 is 19.6 Å². The molecule has 0 aliphatic carbocycles. The Morgan fingerprint density at radius 3 is 0.716 bits per heavy atom. The maximum Gasteiger partial charge on any atom is 0.116 e. The van der Waals surface area contributed by atoms with Crippen LogP contribution in [0.25, 0.3) is 75.9 Å². The normalized spacial score (nSPS) is 11.6. The van der Waals surface area contributed by atoms with Gasteiger partial charge in [-0.1, -0.05) is 97.1 Å². The highest BCUT2D eigenvalue weighted by Crippen LogP contribution is 2.56. The maximum atomic E-state index is 4.69. The summed E-state index contributed by atoms with van der Waals surface area (Å²) < 4.78 is 0. The minimum atomic E-state index is 0.861. The predicted octanol–water partition coefficient (Wildman–Crippen LogP) is 19.5. The van der Waals surface area contributed by atoms with Gasteiger partial charge in [-0.15, -0.1) is 0 Å². The summed E-state index contributed by atoms with van der Waals surface area (Å²) in [5, 5.41) is 10.1. The topological polar surface area (TPSA) is 116 Å². The standard InChI is InChI=1S/C76H54N12/c1-47-13-5-9-17-67(47)85(55-21-29-63-51(33-55)39-77-43-81-63)71-37-72(86(68-18-10-6-14-48(68)2)56-22-30-64-52(34-56)40-78-44-82-64)60-27-28-62-74(88(70-20-12-8-16-50(70)4)58-24-32-66-54(36-58)42-80-46-84-66)38-73(61-26-25-59(71)75(60)76(61)62)87(69-19-11-7-15-49(69)3)57-23-31-65-53(35-57)41-79-45-83-65/h5-46H,1-4H3. The molecule has 418 valence electrons. The summed E-state index contributed by atoms with van der Waals surface area (Å²) in [5.41, 5.74) is 19.8. The van der Waals surface area contributed by atoms with Gasteiger partial charge in [0.2, 0.25) is 0 Å². The van der Waals surface area contributed by atoms with Crippen LogP contribution in [0.3, 0.4) is 0 Å². The number of aromatic nitrogens is 8. The molecule has 0 N–H and O–H groups in total. The third-order valence-corrected chi connectivity index (χ3v) is 17.2. The fourth-order valence-electron chi connectivity index (χ4n) is 13.0. The third kappa shape index (κ3) is 8.68. The first kappa shape index (κ1) is 51.8. The Morgan fingerprint density at radius 2 is 0.477 bits per heavy atom. The van der Waals surface area contributed by atoms with Crippen LogP contribution in [0.4, 0.5) is 68.2 Å². The van der Waals surface area contributed by atoms with Crippen molar-refractivity contribution >= 4 is 144 Å². The molecule has 0 spiro atoms. The summed E-state index contributed by atoms with van der Waals surface area (Å²) in [6, 6.07) is 74.8. The lowest BCUT2D eigenvalue weighted by molar-refractivity contribution is 1.21. The first-order valence-corrected chi connectivity index (χ1v) is 29.3. The van der Waals surface area contributed by atoms with Crippen LogP contribution >= 0.6 is 0 Å². The zero-order chi connectivity index (χ0) is 59.0. The summed E-state index contributed by atoms with van der Waals surface area (Å²) in [6.45, 7) is 8.77. The van der Waals surface area contributed by atoms with Crippen molar-refractivity contribution in [2.45, 2.75) is 27.7 Å². The van der Waals surface area contributed by atoms with Gasteiger partial charge in [-0.3, -0.25) is 0 Å². The van der Waals surface area contributed by atoms with Crippen LogP contribution in [0, 0.1) is 27.7 Å². The Bertz CT molecular complexity index is 4760. The van der Waals surface area contributed by atoms with E-state index in [-0.39, 0.29) is 0 Å². The van der Waals surface area contributed by atoms with E-state index in [2.05, 4.69) is 273 Å². The molecule has 0 saturated carbocycles. The second-order valence-corrected chi connectivity index (χ2v) is 22.5. The molecular formula is C76H54N12. The summed E-state index contributed by atoms with van der Waals surface area (Å²) in [6.07, 6.45) is 14.0. The van der Waals surface area contributed by atoms with E-state index in [1.165, 1.54) is 0 Å². The van der Waals surface area contributed by atoms with Crippen LogP contribution in [0.15, 0.2) is 256 Å². The molecule has 4 heterocycles. The summed E-state index contributed by atoms with van der Waals surface area (Å²) in [7, 11) is 0. The van der Waals surface area contributed by atoms with Gasteiger partial charge in [-0.25, -0.2) is 39.9 Å². The van der Waals surface area contributed by atoms with Crippen LogP contribution in [0.1, 0.15) is 22.3 Å². The lowest BCUT2D eigenvalue weighted by Crippen LogP contribution is -2.17. The zero-order valence-corrected chi connectivity index (χ0v) is 48.6. The minimum absolute atomic E-state index is 0.861. The Balaban J connectivity index is 1.11. The van der Waals surface area contributed by atoms with Gasteiger partial charge >= 0.3 is 0 Å². The molecule has 0 atom stereocenters.